The van der Waals surface area contributed by atoms with Crippen molar-refractivity contribution in [3.63, 3.8) is 0 Å². The smallest absolute Gasteiger partial charge is 0.410 e. The van der Waals surface area contributed by atoms with E-state index in [0.717, 1.165) is 0 Å². The highest BCUT2D eigenvalue weighted by atomic mass is 32.2. The quantitative estimate of drug-likeness (QED) is 0.862. The lowest BCUT2D eigenvalue weighted by atomic mass is 9.98. The van der Waals surface area contributed by atoms with Gasteiger partial charge in [-0.05, 0) is 28.5 Å². The molecule has 5 nitrogen and oxygen atoms in total. The van der Waals surface area contributed by atoms with E-state index in [4.69, 9.17) is 9.47 Å². The monoisotopic (exact) mass is 397 g/mol. The molecule has 2 aromatic carbocycles. The number of carbonyl (C=O) groups is 1. The second-order valence-electron chi connectivity index (χ2n) is 7.59. The number of benzene rings is 2. The van der Waals surface area contributed by atoms with Crippen LogP contribution in [0.5, 0.6) is 0 Å². The second kappa shape index (κ2) is 7.10. The molecule has 146 valence electrons. The maximum atomic E-state index is 12.9. The van der Waals surface area contributed by atoms with E-state index in [1.807, 2.05) is 30.5 Å². The highest BCUT2D eigenvalue weighted by molar-refractivity contribution is 7.99. The standard InChI is InChI=1S/C22H23NO4S/c1-28-19-10-23(20-18(24)12-26-21(19)20)22(25)27-11-17-15-8-4-2-6-13(15)14-7-3-5-9-16(14)17/h2-9,17-21,24H,10-12H2,1H3. The third kappa shape index (κ3) is 2.74. The van der Waals surface area contributed by atoms with E-state index in [9.17, 15) is 9.90 Å². The molecular formula is C22H23NO4S. The van der Waals surface area contributed by atoms with Crippen LogP contribution in [0.2, 0.25) is 0 Å². The Bertz CT molecular complexity index is 858. The predicted octanol–water partition coefficient (Wildman–Crippen LogP) is 3.11. The van der Waals surface area contributed by atoms with Gasteiger partial charge in [0.2, 0.25) is 0 Å². The molecule has 4 unspecified atom stereocenters. The van der Waals surface area contributed by atoms with Gasteiger partial charge in [0.05, 0.1) is 24.0 Å². The van der Waals surface area contributed by atoms with E-state index >= 15 is 0 Å². The van der Waals surface area contributed by atoms with Gasteiger partial charge in [-0.15, -0.1) is 0 Å². The maximum absolute atomic E-state index is 12.9. The number of hydrogen-bond acceptors (Lipinski definition) is 5. The summed E-state index contributed by atoms with van der Waals surface area (Å²) in [6.07, 6.45) is 0.878. The Kier molecular flexibility index (Phi) is 4.57. The van der Waals surface area contributed by atoms with Crippen LogP contribution in [0.1, 0.15) is 17.0 Å². The Morgan fingerprint density at radius 1 is 1.18 bits per heavy atom. The first-order chi connectivity index (χ1) is 13.7. The Morgan fingerprint density at radius 2 is 1.82 bits per heavy atom. The molecular weight excluding hydrogens is 374 g/mol. The fourth-order valence-corrected chi connectivity index (χ4v) is 5.66. The van der Waals surface area contributed by atoms with Gasteiger partial charge in [-0.3, -0.25) is 4.90 Å². The number of thioether (sulfide) groups is 1. The zero-order valence-corrected chi connectivity index (χ0v) is 16.5. The Labute approximate surface area is 168 Å². The first kappa shape index (κ1) is 18.0. The molecule has 2 heterocycles. The zero-order valence-electron chi connectivity index (χ0n) is 15.7. The minimum absolute atomic E-state index is 0.0378. The minimum Gasteiger partial charge on any atom is -0.448 e. The molecule has 5 rings (SSSR count). The van der Waals surface area contributed by atoms with Crippen molar-refractivity contribution in [3.8, 4) is 11.1 Å². The molecule has 2 saturated heterocycles. The van der Waals surface area contributed by atoms with Gasteiger partial charge in [0, 0.05) is 12.5 Å². The van der Waals surface area contributed by atoms with Crippen molar-refractivity contribution < 1.29 is 19.4 Å². The molecule has 0 radical (unpaired) electrons. The topological polar surface area (TPSA) is 59.0 Å². The molecule has 1 amide bonds. The van der Waals surface area contributed by atoms with Gasteiger partial charge in [0.1, 0.15) is 12.7 Å². The number of likely N-dealkylation sites (tertiary alicyclic amines) is 1. The predicted molar refractivity (Wildman–Crippen MR) is 109 cm³/mol. The fourth-order valence-electron chi connectivity index (χ4n) is 4.84. The molecule has 0 bridgehead atoms. The van der Waals surface area contributed by atoms with Gasteiger partial charge in [0.25, 0.3) is 0 Å². The van der Waals surface area contributed by atoms with Crippen LogP contribution in [-0.4, -0.2) is 65.6 Å². The molecule has 1 N–H and O–H groups in total. The summed E-state index contributed by atoms with van der Waals surface area (Å²) in [4.78, 5) is 14.6. The molecule has 2 fully saturated rings. The van der Waals surface area contributed by atoms with E-state index in [0.29, 0.717) is 13.2 Å². The van der Waals surface area contributed by atoms with E-state index in [2.05, 4.69) is 24.3 Å². The van der Waals surface area contributed by atoms with E-state index in [1.165, 1.54) is 22.3 Å². The summed E-state index contributed by atoms with van der Waals surface area (Å²) in [6, 6.07) is 16.3. The summed E-state index contributed by atoms with van der Waals surface area (Å²) < 4.78 is 11.5. The van der Waals surface area contributed by atoms with Crippen molar-refractivity contribution in [2.45, 2.75) is 29.4 Å². The van der Waals surface area contributed by atoms with Crippen LogP contribution in [0.15, 0.2) is 48.5 Å². The first-order valence-corrected chi connectivity index (χ1v) is 10.9. The van der Waals surface area contributed by atoms with Crippen LogP contribution in [-0.2, 0) is 9.47 Å². The highest BCUT2D eigenvalue weighted by Gasteiger charge is 2.52. The van der Waals surface area contributed by atoms with Gasteiger partial charge >= 0.3 is 6.09 Å². The van der Waals surface area contributed by atoms with Crippen molar-refractivity contribution in [2.24, 2.45) is 0 Å². The van der Waals surface area contributed by atoms with Crippen molar-refractivity contribution >= 4 is 17.9 Å². The van der Waals surface area contributed by atoms with Crippen LogP contribution in [0.4, 0.5) is 4.79 Å². The summed E-state index contributed by atoms with van der Waals surface area (Å²) in [6.45, 7) is 1.12. The van der Waals surface area contributed by atoms with Gasteiger partial charge < -0.3 is 14.6 Å². The lowest BCUT2D eigenvalue weighted by Crippen LogP contribution is -2.44. The van der Waals surface area contributed by atoms with Crippen molar-refractivity contribution in [1.82, 2.24) is 4.90 Å². The van der Waals surface area contributed by atoms with Gasteiger partial charge in [-0.25, -0.2) is 4.79 Å². The Hall–Kier alpha value is -2.02. The lowest BCUT2D eigenvalue weighted by molar-refractivity contribution is 0.0625. The maximum Gasteiger partial charge on any atom is 0.410 e. The number of aliphatic hydroxyl groups excluding tert-OH is 1. The molecule has 4 atom stereocenters. The van der Waals surface area contributed by atoms with Gasteiger partial charge in [0.15, 0.2) is 0 Å². The molecule has 0 saturated carbocycles. The van der Waals surface area contributed by atoms with Crippen molar-refractivity contribution in [3.05, 3.63) is 59.7 Å². The number of carbonyl (C=O) groups excluding carboxylic acids is 1. The van der Waals surface area contributed by atoms with Crippen LogP contribution < -0.4 is 0 Å². The van der Waals surface area contributed by atoms with Gasteiger partial charge in [-0.2, -0.15) is 11.8 Å². The lowest BCUT2D eigenvalue weighted by Gasteiger charge is -2.25. The summed E-state index contributed by atoms with van der Waals surface area (Å²) >= 11 is 1.67. The number of rotatable bonds is 3. The molecule has 28 heavy (non-hydrogen) atoms. The summed E-state index contributed by atoms with van der Waals surface area (Å²) in [7, 11) is 0. The van der Waals surface area contributed by atoms with Crippen LogP contribution in [0.3, 0.4) is 0 Å². The van der Waals surface area contributed by atoms with E-state index in [1.54, 1.807) is 16.7 Å². The number of hydrogen-bond donors (Lipinski definition) is 1. The minimum atomic E-state index is -0.650. The SMILES string of the molecule is CSC1CN(C(=O)OCC2c3ccccc3-c3ccccc32)C2C(O)COC12. The van der Waals surface area contributed by atoms with Crippen LogP contribution >= 0.6 is 11.8 Å². The first-order valence-electron chi connectivity index (χ1n) is 9.63. The molecule has 0 aromatic heterocycles. The normalized spacial score (nSPS) is 28.1. The van der Waals surface area contributed by atoms with Gasteiger partial charge in [-0.1, -0.05) is 48.5 Å². The average Bonchev–Trinajstić information content (AvgIpc) is 3.38. The van der Waals surface area contributed by atoms with E-state index < -0.39 is 6.10 Å². The average molecular weight is 397 g/mol. The molecule has 1 aliphatic carbocycles. The summed E-state index contributed by atoms with van der Waals surface area (Å²) in [5, 5.41) is 10.5. The molecule has 2 aromatic rings. The van der Waals surface area contributed by atoms with Crippen LogP contribution in [0, 0.1) is 0 Å². The molecule has 3 aliphatic rings. The number of amides is 1. The number of ether oxygens (including phenoxy) is 2. The number of nitrogens with zero attached hydrogens (tertiary/aromatic N) is 1. The van der Waals surface area contributed by atoms with Crippen LogP contribution in [0.25, 0.3) is 11.1 Å². The zero-order chi connectivity index (χ0) is 19.3. The third-order valence-corrected chi connectivity index (χ3v) is 7.19. The Morgan fingerprint density at radius 3 is 2.46 bits per heavy atom. The summed E-state index contributed by atoms with van der Waals surface area (Å²) in [5.41, 5.74) is 4.81. The van der Waals surface area contributed by atoms with Crippen molar-refractivity contribution in [1.29, 1.82) is 0 Å². The molecule has 0 spiro atoms. The third-order valence-electron chi connectivity index (χ3n) is 6.17. The molecule has 6 heteroatoms. The van der Waals surface area contributed by atoms with E-state index in [-0.39, 0.29) is 36.0 Å². The number of aliphatic hydroxyl groups is 1. The molecule has 2 aliphatic heterocycles. The van der Waals surface area contributed by atoms with Crippen molar-refractivity contribution in [2.75, 3.05) is 26.0 Å². The summed E-state index contributed by atoms with van der Waals surface area (Å²) in [5.74, 6) is 0.0378. The Balaban J connectivity index is 1.35. The largest absolute Gasteiger partial charge is 0.448 e. The second-order valence-corrected chi connectivity index (χ2v) is 8.66. The highest BCUT2D eigenvalue weighted by Crippen LogP contribution is 2.44. The fraction of sp³-hybridized carbons (Fsp3) is 0.409. The number of fused-ring (bicyclic) bond motifs is 4.